The lowest BCUT2D eigenvalue weighted by molar-refractivity contribution is -0.384. The van der Waals surface area contributed by atoms with Gasteiger partial charge in [-0.2, -0.15) is 5.10 Å². The lowest BCUT2D eigenvalue weighted by Gasteiger charge is -2.23. The SMILES string of the molecule is NC(=O)COc1ccc(/C=N\NC(=O)CN(c2ccccc2[N+](=O)[O-])S(=O)(=O)c2ccccc2)cc1. The molecule has 0 heterocycles. The standard InChI is InChI=1S/C23H21N5O7S/c24-22(29)16-35-18-12-10-17(11-13-18)14-25-26-23(30)15-27(20-8-4-5-9-21(20)28(31)32)36(33,34)19-6-2-1-3-7-19/h1-14H,15-16H2,(H2,24,29)(H,26,30)/b25-14-. The third-order valence-corrected chi connectivity index (χ3v) is 6.40. The van der Waals surface area contributed by atoms with Gasteiger partial charge < -0.3 is 10.5 Å². The fourth-order valence-electron chi connectivity index (χ4n) is 3.00. The van der Waals surface area contributed by atoms with E-state index in [4.69, 9.17) is 10.5 Å². The highest BCUT2D eigenvalue weighted by Crippen LogP contribution is 2.31. The molecule has 0 aromatic heterocycles. The number of nitro benzene ring substituents is 1. The number of amides is 2. The number of nitrogens with two attached hydrogens (primary N) is 1. The predicted octanol–water partition coefficient (Wildman–Crippen LogP) is 1.80. The van der Waals surface area contributed by atoms with Gasteiger partial charge in [0.2, 0.25) is 0 Å². The van der Waals surface area contributed by atoms with Crippen molar-refractivity contribution in [1.29, 1.82) is 0 Å². The number of anilines is 1. The van der Waals surface area contributed by atoms with Crippen LogP contribution in [0.4, 0.5) is 11.4 Å². The molecule has 2 amide bonds. The van der Waals surface area contributed by atoms with Crippen LogP contribution in [-0.4, -0.2) is 44.5 Å². The Labute approximate surface area is 206 Å². The molecule has 0 bridgehead atoms. The zero-order valence-electron chi connectivity index (χ0n) is 18.7. The molecule has 0 saturated heterocycles. The van der Waals surface area contributed by atoms with Gasteiger partial charge in [0.25, 0.3) is 27.5 Å². The van der Waals surface area contributed by atoms with Gasteiger partial charge in [0.15, 0.2) is 6.61 Å². The molecule has 36 heavy (non-hydrogen) atoms. The molecule has 0 aliphatic carbocycles. The van der Waals surface area contributed by atoms with Gasteiger partial charge in [0.1, 0.15) is 18.0 Å². The number of hydrogen-bond acceptors (Lipinski definition) is 8. The third-order valence-electron chi connectivity index (χ3n) is 4.63. The minimum absolute atomic E-state index is 0.141. The van der Waals surface area contributed by atoms with Crippen LogP contribution in [0.15, 0.2) is 88.9 Å². The Bertz CT molecular complexity index is 1380. The Morgan fingerprint density at radius 2 is 1.67 bits per heavy atom. The number of carbonyl (C=O) groups is 2. The molecule has 3 rings (SSSR count). The molecule has 0 saturated carbocycles. The maximum atomic E-state index is 13.3. The summed E-state index contributed by atoms with van der Waals surface area (Å²) in [4.78, 5) is 34.0. The van der Waals surface area contributed by atoms with Gasteiger partial charge in [0, 0.05) is 6.07 Å². The van der Waals surface area contributed by atoms with E-state index < -0.39 is 39.0 Å². The molecule has 3 aromatic carbocycles. The molecular formula is C23H21N5O7S. The van der Waals surface area contributed by atoms with Crippen molar-refractivity contribution in [2.24, 2.45) is 10.8 Å². The van der Waals surface area contributed by atoms with E-state index >= 15 is 0 Å². The van der Waals surface area contributed by atoms with Crippen LogP contribution in [0.3, 0.4) is 0 Å². The number of carbonyl (C=O) groups excluding carboxylic acids is 2. The van der Waals surface area contributed by atoms with Crippen LogP contribution in [0.1, 0.15) is 5.56 Å². The highest BCUT2D eigenvalue weighted by Gasteiger charge is 2.31. The summed E-state index contributed by atoms with van der Waals surface area (Å²) in [5, 5.41) is 15.3. The Kier molecular flexibility index (Phi) is 8.30. The van der Waals surface area contributed by atoms with Gasteiger partial charge in [-0.3, -0.25) is 19.7 Å². The molecule has 186 valence electrons. The normalized spacial score (nSPS) is 11.1. The summed E-state index contributed by atoms with van der Waals surface area (Å²) in [7, 11) is -4.33. The lowest BCUT2D eigenvalue weighted by atomic mass is 10.2. The monoisotopic (exact) mass is 511 g/mol. The molecule has 0 aliphatic rings. The molecule has 0 atom stereocenters. The number of nitrogens with zero attached hydrogens (tertiary/aromatic N) is 3. The minimum Gasteiger partial charge on any atom is -0.484 e. The maximum Gasteiger partial charge on any atom is 0.293 e. The van der Waals surface area contributed by atoms with E-state index in [1.807, 2.05) is 0 Å². The first-order valence-corrected chi connectivity index (χ1v) is 11.8. The zero-order chi connectivity index (χ0) is 26.1. The number of nitrogens with one attached hydrogen (secondary N) is 1. The number of sulfonamides is 1. The Hall–Kier alpha value is -4.78. The average Bonchev–Trinajstić information content (AvgIpc) is 2.87. The Balaban J connectivity index is 1.79. The Morgan fingerprint density at radius 3 is 2.31 bits per heavy atom. The predicted molar refractivity (Wildman–Crippen MR) is 131 cm³/mol. The van der Waals surface area contributed by atoms with Crippen LogP contribution in [0.5, 0.6) is 5.75 Å². The van der Waals surface area contributed by atoms with Crippen LogP contribution in [0.2, 0.25) is 0 Å². The molecular weight excluding hydrogens is 490 g/mol. The second-order valence-electron chi connectivity index (χ2n) is 7.19. The molecule has 0 fully saturated rings. The summed E-state index contributed by atoms with van der Waals surface area (Å²) in [6.07, 6.45) is 1.30. The van der Waals surface area contributed by atoms with Gasteiger partial charge >= 0.3 is 0 Å². The first-order valence-electron chi connectivity index (χ1n) is 10.3. The number of ether oxygens (including phenoxy) is 1. The van der Waals surface area contributed by atoms with Crippen LogP contribution in [-0.2, 0) is 19.6 Å². The Morgan fingerprint density at radius 1 is 1.03 bits per heavy atom. The summed E-state index contributed by atoms with van der Waals surface area (Å²) in [5.41, 5.74) is 7.06. The van der Waals surface area contributed by atoms with Crippen molar-refractivity contribution in [1.82, 2.24) is 5.43 Å². The van der Waals surface area contributed by atoms with Crippen LogP contribution in [0.25, 0.3) is 0 Å². The summed E-state index contributed by atoms with van der Waals surface area (Å²) in [6.45, 7) is -1.04. The van der Waals surface area contributed by atoms with Crippen molar-refractivity contribution in [3.63, 3.8) is 0 Å². The van der Waals surface area contributed by atoms with Crippen LogP contribution < -0.4 is 20.2 Å². The van der Waals surface area contributed by atoms with Gasteiger partial charge in [-0.1, -0.05) is 30.3 Å². The minimum atomic E-state index is -4.33. The van der Waals surface area contributed by atoms with Gasteiger partial charge in [0.05, 0.1) is 16.0 Å². The number of para-hydroxylation sites is 2. The van der Waals surface area contributed by atoms with Crippen molar-refractivity contribution in [2.45, 2.75) is 4.90 Å². The third kappa shape index (κ3) is 6.64. The quantitative estimate of drug-likeness (QED) is 0.224. The second kappa shape index (κ2) is 11.6. The van der Waals surface area contributed by atoms with E-state index in [0.717, 1.165) is 6.07 Å². The maximum absolute atomic E-state index is 13.3. The van der Waals surface area contributed by atoms with E-state index in [2.05, 4.69) is 10.5 Å². The summed E-state index contributed by atoms with van der Waals surface area (Å²) >= 11 is 0. The molecule has 13 heteroatoms. The molecule has 0 radical (unpaired) electrons. The smallest absolute Gasteiger partial charge is 0.293 e. The van der Waals surface area contributed by atoms with Crippen LogP contribution >= 0.6 is 0 Å². The van der Waals surface area contributed by atoms with E-state index in [0.29, 0.717) is 15.6 Å². The largest absolute Gasteiger partial charge is 0.484 e. The summed E-state index contributed by atoms with van der Waals surface area (Å²) in [6, 6.07) is 18.8. The van der Waals surface area contributed by atoms with Crippen molar-refractivity contribution in [2.75, 3.05) is 17.5 Å². The van der Waals surface area contributed by atoms with Gasteiger partial charge in [-0.05, 0) is 48.0 Å². The summed E-state index contributed by atoms with van der Waals surface area (Å²) < 4.78 is 32.4. The molecule has 0 unspecified atom stereocenters. The fourth-order valence-corrected chi connectivity index (χ4v) is 4.45. The van der Waals surface area contributed by atoms with E-state index in [1.54, 1.807) is 30.3 Å². The number of primary amides is 1. The van der Waals surface area contributed by atoms with E-state index in [-0.39, 0.29) is 17.2 Å². The molecule has 3 aromatic rings. The molecule has 0 aliphatic heterocycles. The number of rotatable bonds is 11. The van der Waals surface area contributed by atoms with Gasteiger partial charge in [-0.25, -0.2) is 18.1 Å². The van der Waals surface area contributed by atoms with Crippen molar-refractivity contribution >= 4 is 39.4 Å². The number of nitro groups is 1. The van der Waals surface area contributed by atoms with Gasteiger partial charge in [-0.15, -0.1) is 0 Å². The summed E-state index contributed by atoms with van der Waals surface area (Å²) in [5.74, 6) is -1.04. The van der Waals surface area contributed by atoms with Crippen molar-refractivity contribution in [3.05, 3.63) is 94.5 Å². The first-order chi connectivity index (χ1) is 17.2. The van der Waals surface area contributed by atoms with E-state index in [9.17, 15) is 28.1 Å². The molecule has 0 spiro atoms. The molecule has 12 nitrogen and oxygen atoms in total. The zero-order valence-corrected chi connectivity index (χ0v) is 19.5. The second-order valence-corrected chi connectivity index (χ2v) is 9.05. The average molecular weight is 512 g/mol. The highest BCUT2D eigenvalue weighted by molar-refractivity contribution is 7.92. The first kappa shape index (κ1) is 25.8. The fraction of sp³-hybridized carbons (Fsp3) is 0.0870. The highest BCUT2D eigenvalue weighted by atomic mass is 32.2. The topological polar surface area (TPSA) is 174 Å². The lowest BCUT2D eigenvalue weighted by Crippen LogP contribution is -2.39. The van der Waals surface area contributed by atoms with Crippen molar-refractivity contribution in [3.8, 4) is 5.75 Å². The van der Waals surface area contributed by atoms with Crippen molar-refractivity contribution < 1.29 is 27.7 Å². The number of hydrazone groups is 1. The van der Waals surface area contributed by atoms with Crippen LogP contribution in [0, 0.1) is 10.1 Å². The number of benzene rings is 3. The number of hydrogen-bond donors (Lipinski definition) is 2. The molecule has 3 N–H and O–H groups in total. The van der Waals surface area contributed by atoms with E-state index in [1.165, 1.54) is 48.7 Å².